The summed E-state index contributed by atoms with van der Waals surface area (Å²) in [5.41, 5.74) is 0.751. The van der Waals surface area contributed by atoms with Crippen molar-refractivity contribution in [3.63, 3.8) is 0 Å². The molecule has 118 valence electrons. The summed E-state index contributed by atoms with van der Waals surface area (Å²) in [6, 6.07) is 4.97. The molecule has 1 aliphatic rings. The Morgan fingerprint density at radius 1 is 1.43 bits per heavy atom. The van der Waals surface area contributed by atoms with E-state index in [4.69, 9.17) is 11.6 Å². The first kappa shape index (κ1) is 16.7. The zero-order chi connectivity index (χ0) is 15.7. The molecule has 1 aromatic carbocycles. The third kappa shape index (κ3) is 3.97. The number of rotatable bonds is 4. The number of sulfonamides is 1. The summed E-state index contributed by atoms with van der Waals surface area (Å²) >= 11 is 5.88. The van der Waals surface area contributed by atoms with Crippen LogP contribution in [0.3, 0.4) is 0 Å². The van der Waals surface area contributed by atoms with Gasteiger partial charge in [0, 0.05) is 17.6 Å². The summed E-state index contributed by atoms with van der Waals surface area (Å²) < 4.78 is 27.6. The first-order valence-corrected chi connectivity index (χ1v) is 9.08. The lowest BCUT2D eigenvalue weighted by molar-refractivity contribution is 0.181. The summed E-state index contributed by atoms with van der Waals surface area (Å²) in [6.45, 7) is 7.44. The van der Waals surface area contributed by atoms with Crippen LogP contribution in [0.15, 0.2) is 23.1 Å². The molecule has 1 atom stereocenters. The monoisotopic (exact) mass is 330 g/mol. The van der Waals surface area contributed by atoms with Crippen molar-refractivity contribution in [2.45, 2.75) is 44.6 Å². The number of benzene rings is 1. The van der Waals surface area contributed by atoms with E-state index in [-0.39, 0.29) is 11.5 Å². The molecule has 21 heavy (non-hydrogen) atoms. The molecule has 4 nitrogen and oxygen atoms in total. The van der Waals surface area contributed by atoms with Gasteiger partial charge in [-0.05, 0) is 55.5 Å². The van der Waals surface area contributed by atoms with Crippen LogP contribution in [0.2, 0.25) is 5.02 Å². The second kappa shape index (κ2) is 6.24. The van der Waals surface area contributed by atoms with E-state index in [1.54, 1.807) is 25.1 Å². The van der Waals surface area contributed by atoms with E-state index in [1.165, 1.54) is 0 Å². The summed E-state index contributed by atoms with van der Waals surface area (Å²) in [4.78, 5) is 0.292. The Kier molecular flexibility index (Phi) is 4.98. The Bertz CT molecular complexity index is 614. The maximum Gasteiger partial charge on any atom is 0.240 e. The molecular formula is C15H23ClN2O2S. The van der Waals surface area contributed by atoms with E-state index in [0.29, 0.717) is 22.0 Å². The molecule has 2 rings (SSSR count). The largest absolute Gasteiger partial charge is 0.312 e. The molecular weight excluding hydrogens is 308 g/mol. The number of hydrogen-bond donors (Lipinski definition) is 2. The van der Waals surface area contributed by atoms with E-state index in [1.807, 2.05) is 0 Å². The van der Waals surface area contributed by atoms with Crippen molar-refractivity contribution in [1.82, 2.24) is 10.0 Å². The fourth-order valence-electron chi connectivity index (χ4n) is 2.80. The Morgan fingerprint density at radius 2 is 2.14 bits per heavy atom. The maximum absolute atomic E-state index is 12.4. The van der Waals surface area contributed by atoms with Gasteiger partial charge in [-0.25, -0.2) is 13.1 Å². The Morgan fingerprint density at radius 3 is 2.76 bits per heavy atom. The third-order valence-corrected chi connectivity index (χ3v) is 6.05. The number of halogens is 1. The van der Waals surface area contributed by atoms with Gasteiger partial charge in [-0.1, -0.05) is 25.4 Å². The van der Waals surface area contributed by atoms with Crippen molar-refractivity contribution in [1.29, 1.82) is 0 Å². The predicted octanol–water partition coefficient (Wildman–Crippen LogP) is 2.70. The van der Waals surface area contributed by atoms with Crippen molar-refractivity contribution in [2.24, 2.45) is 5.41 Å². The summed E-state index contributed by atoms with van der Waals surface area (Å²) in [7, 11) is -3.51. The van der Waals surface area contributed by atoms with Crippen molar-refractivity contribution in [2.75, 3.05) is 13.1 Å². The van der Waals surface area contributed by atoms with Crippen LogP contribution in [0.1, 0.15) is 32.3 Å². The summed E-state index contributed by atoms with van der Waals surface area (Å²) in [5, 5.41) is 3.95. The molecule has 0 spiro atoms. The van der Waals surface area contributed by atoms with Gasteiger partial charge in [0.2, 0.25) is 10.0 Å². The minimum Gasteiger partial charge on any atom is -0.312 e. The molecule has 6 heteroatoms. The molecule has 2 N–H and O–H groups in total. The van der Waals surface area contributed by atoms with Crippen molar-refractivity contribution in [3.05, 3.63) is 28.8 Å². The van der Waals surface area contributed by atoms with Crippen molar-refractivity contribution in [3.8, 4) is 0 Å². The van der Waals surface area contributed by atoms with Crippen molar-refractivity contribution >= 4 is 21.6 Å². The molecule has 1 fully saturated rings. The quantitative estimate of drug-likeness (QED) is 0.892. The van der Waals surface area contributed by atoms with E-state index >= 15 is 0 Å². The fraction of sp³-hybridized carbons (Fsp3) is 0.600. The van der Waals surface area contributed by atoms with Gasteiger partial charge < -0.3 is 5.32 Å². The first-order valence-electron chi connectivity index (χ1n) is 7.21. The minimum absolute atomic E-state index is 0.0931. The first-order chi connectivity index (χ1) is 9.72. The topological polar surface area (TPSA) is 58.2 Å². The molecule has 0 aromatic heterocycles. The van der Waals surface area contributed by atoms with Gasteiger partial charge >= 0.3 is 0 Å². The molecule has 1 heterocycles. The highest BCUT2D eigenvalue weighted by Crippen LogP contribution is 2.30. The Hall–Kier alpha value is -0.620. The van der Waals surface area contributed by atoms with Gasteiger partial charge in [-0.15, -0.1) is 0 Å². The average molecular weight is 331 g/mol. The van der Waals surface area contributed by atoms with Gasteiger partial charge in [-0.3, -0.25) is 0 Å². The normalized spacial score (nSPS) is 22.2. The SMILES string of the molecule is Cc1cc(Cl)ccc1S(=O)(=O)NCC1NCCCC1(C)C. The second-order valence-electron chi connectivity index (χ2n) is 6.36. The number of hydrogen-bond acceptors (Lipinski definition) is 3. The predicted molar refractivity (Wildman–Crippen MR) is 86.2 cm³/mol. The zero-order valence-electron chi connectivity index (χ0n) is 12.7. The van der Waals surface area contributed by atoms with E-state index in [0.717, 1.165) is 19.4 Å². The van der Waals surface area contributed by atoms with Crippen LogP contribution in [-0.4, -0.2) is 27.5 Å². The average Bonchev–Trinajstić information content (AvgIpc) is 2.36. The smallest absolute Gasteiger partial charge is 0.240 e. The molecule has 0 radical (unpaired) electrons. The Balaban J connectivity index is 2.11. The summed E-state index contributed by atoms with van der Waals surface area (Å²) in [6.07, 6.45) is 2.24. The van der Waals surface area contributed by atoms with Gasteiger partial charge in [0.25, 0.3) is 0 Å². The van der Waals surface area contributed by atoms with E-state index < -0.39 is 10.0 Å². The number of aryl methyl sites for hydroxylation is 1. The zero-order valence-corrected chi connectivity index (χ0v) is 14.3. The fourth-order valence-corrected chi connectivity index (χ4v) is 4.30. The molecule has 1 aromatic rings. The van der Waals surface area contributed by atoms with Gasteiger partial charge in [-0.2, -0.15) is 0 Å². The molecule has 0 saturated carbocycles. The van der Waals surface area contributed by atoms with Crippen LogP contribution < -0.4 is 10.0 Å². The third-order valence-electron chi connectivity index (χ3n) is 4.24. The molecule has 1 unspecified atom stereocenters. The Labute approximate surface area is 132 Å². The lowest BCUT2D eigenvalue weighted by Gasteiger charge is -2.39. The van der Waals surface area contributed by atoms with Crippen LogP contribution in [0.5, 0.6) is 0 Å². The van der Waals surface area contributed by atoms with E-state index in [9.17, 15) is 8.42 Å². The van der Waals surface area contributed by atoms with Crippen molar-refractivity contribution < 1.29 is 8.42 Å². The summed E-state index contributed by atoms with van der Waals surface area (Å²) in [5.74, 6) is 0. The van der Waals surface area contributed by atoms with Crippen LogP contribution >= 0.6 is 11.6 Å². The number of nitrogens with one attached hydrogen (secondary N) is 2. The molecule has 1 aliphatic heterocycles. The van der Waals surface area contributed by atoms with Crippen LogP contribution in [0.25, 0.3) is 0 Å². The molecule has 0 bridgehead atoms. The van der Waals surface area contributed by atoms with Gasteiger partial charge in [0.05, 0.1) is 4.90 Å². The maximum atomic E-state index is 12.4. The van der Waals surface area contributed by atoms with Gasteiger partial charge in [0.1, 0.15) is 0 Å². The lowest BCUT2D eigenvalue weighted by atomic mass is 9.78. The van der Waals surface area contributed by atoms with E-state index in [2.05, 4.69) is 23.9 Å². The second-order valence-corrected chi connectivity index (χ2v) is 8.53. The number of piperidine rings is 1. The van der Waals surface area contributed by atoms with Gasteiger partial charge in [0.15, 0.2) is 0 Å². The highest BCUT2D eigenvalue weighted by atomic mass is 35.5. The lowest BCUT2D eigenvalue weighted by Crippen LogP contribution is -2.52. The minimum atomic E-state index is -3.51. The van der Waals surface area contributed by atoms with Crippen LogP contribution in [-0.2, 0) is 10.0 Å². The van der Waals surface area contributed by atoms with Crippen LogP contribution in [0, 0.1) is 12.3 Å². The molecule has 1 saturated heterocycles. The highest BCUT2D eigenvalue weighted by molar-refractivity contribution is 7.89. The molecule has 0 amide bonds. The van der Waals surface area contributed by atoms with Crippen LogP contribution in [0.4, 0.5) is 0 Å². The highest BCUT2D eigenvalue weighted by Gasteiger charge is 2.32. The standard InChI is InChI=1S/C15H23ClN2O2S/c1-11-9-12(16)5-6-13(11)21(19,20)18-10-14-15(2,3)7-4-8-17-14/h5-6,9,14,17-18H,4,7-8,10H2,1-3H3. The molecule has 0 aliphatic carbocycles.